The van der Waals surface area contributed by atoms with E-state index in [9.17, 15) is 9.90 Å². The van der Waals surface area contributed by atoms with Gasteiger partial charge >= 0.3 is 5.97 Å². The van der Waals surface area contributed by atoms with E-state index in [-0.39, 0.29) is 11.7 Å². The van der Waals surface area contributed by atoms with Gasteiger partial charge in [-0.25, -0.2) is 4.79 Å². The molecule has 0 bridgehead atoms. The van der Waals surface area contributed by atoms with Crippen LogP contribution in [-0.4, -0.2) is 15.6 Å². The molecule has 0 radical (unpaired) electrons. The van der Waals surface area contributed by atoms with E-state index in [2.05, 4.69) is 0 Å². The average Bonchev–Trinajstić information content (AvgIpc) is 2.74. The lowest BCUT2D eigenvalue weighted by Crippen LogP contribution is -2.11. The number of nitrogens with two attached hydrogens (primary N) is 1. The van der Waals surface area contributed by atoms with Gasteiger partial charge in [0.1, 0.15) is 5.69 Å². The van der Waals surface area contributed by atoms with Crippen LogP contribution in [0.2, 0.25) is 0 Å². The highest BCUT2D eigenvalue weighted by molar-refractivity contribution is 5.96. The van der Waals surface area contributed by atoms with E-state index in [4.69, 9.17) is 5.73 Å². The number of hydrogen-bond acceptors (Lipinski definition) is 2. The molecule has 0 amide bonds. The van der Waals surface area contributed by atoms with Crippen molar-refractivity contribution in [2.75, 3.05) is 5.73 Å². The van der Waals surface area contributed by atoms with Crippen molar-refractivity contribution in [3.05, 3.63) is 42.2 Å². The average molecular weight is 244 g/mol. The molecule has 4 heteroatoms. The molecule has 18 heavy (non-hydrogen) atoms. The van der Waals surface area contributed by atoms with Gasteiger partial charge < -0.3 is 15.4 Å². The molecule has 0 spiro atoms. The Bertz CT molecular complexity index is 585. The van der Waals surface area contributed by atoms with Crippen molar-refractivity contribution in [2.24, 2.45) is 0 Å². The molecule has 1 aromatic heterocycles. The van der Waals surface area contributed by atoms with Crippen LogP contribution in [0.1, 0.15) is 30.4 Å². The van der Waals surface area contributed by atoms with Crippen molar-refractivity contribution in [1.29, 1.82) is 0 Å². The minimum absolute atomic E-state index is 0.0924. The number of anilines is 1. The van der Waals surface area contributed by atoms with Crippen LogP contribution in [0.4, 0.5) is 5.69 Å². The molecular formula is C14H16N2O2. The number of carboxylic acids is 1. The molecule has 0 fully saturated rings. The number of aromatic nitrogens is 1. The summed E-state index contributed by atoms with van der Waals surface area (Å²) in [5, 5.41) is 9.37. The van der Waals surface area contributed by atoms with E-state index in [1.165, 1.54) is 0 Å². The van der Waals surface area contributed by atoms with Gasteiger partial charge in [-0.3, -0.25) is 0 Å². The first-order chi connectivity index (χ1) is 8.52. The van der Waals surface area contributed by atoms with Gasteiger partial charge in [-0.1, -0.05) is 18.2 Å². The van der Waals surface area contributed by atoms with Gasteiger partial charge in [0.25, 0.3) is 0 Å². The molecule has 3 N–H and O–H groups in total. The van der Waals surface area contributed by atoms with Crippen molar-refractivity contribution < 1.29 is 9.90 Å². The number of para-hydroxylation sites is 1. The Balaban J connectivity index is 2.66. The van der Waals surface area contributed by atoms with Crippen molar-refractivity contribution in [3.63, 3.8) is 0 Å². The Morgan fingerprint density at radius 2 is 1.89 bits per heavy atom. The third kappa shape index (κ3) is 1.97. The van der Waals surface area contributed by atoms with Crippen LogP contribution in [0, 0.1) is 0 Å². The number of carbonyl (C=O) groups is 1. The van der Waals surface area contributed by atoms with Crippen molar-refractivity contribution >= 4 is 11.7 Å². The highest BCUT2D eigenvalue weighted by Crippen LogP contribution is 2.31. The first-order valence-electron chi connectivity index (χ1n) is 5.81. The number of benzene rings is 1. The minimum Gasteiger partial charge on any atom is -0.477 e. The Labute approximate surface area is 106 Å². The molecule has 4 nitrogen and oxygen atoms in total. The molecule has 0 saturated heterocycles. The molecule has 0 aliphatic heterocycles. The fourth-order valence-electron chi connectivity index (χ4n) is 2.06. The SMILES string of the molecule is CC(C)n1ccc(-c2ccccc2N)c1C(=O)O. The van der Waals surface area contributed by atoms with Crippen LogP contribution >= 0.6 is 0 Å². The predicted octanol–water partition coefficient (Wildman–Crippen LogP) is 3.02. The monoisotopic (exact) mass is 244 g/mol. The summed E-state index contributed by atoms with van der Waals surface area (Å²) in [6.07, 6.45) is 1.79. The summed E-state index contributed by atoms with van der Waals surface area (Å²) < 4.78 is 1.74. The Kier molecular flexibility index (Phi) is 3.10. The second-order valence-corrected chi connectivity index (χ2v) is 4.47. The Hall–Kier alpha value is -2.23. The number of nitrogen functional groups attached to an aromatic ring is 1. The molecule has 1 aromatic carbocycles. The number of hydrogen-bond donors (Lipinski definition) is 2. The zero-order valence-corrected chi connectivity index (χ0v) is 10.4. The van der Waals surface area contributed by atoms with E-state index in [1.54, 1.807) is 22.9 Å². The van der Waals surface area contributed by atoms with Crippen LogP contribution < -0.4 is 5.73 Å². The fourth-order valence-corrected chi connectivity index (χ4v) is 2.06. The molecule has 0 aliphatic carbocycles. The number of aromatic carboxylic acids is 1. The summed E-state index contributed by atoms with van der Waals surface area (Å²) in [4.78, 5) is 11.4. The van der Waals surface area contributed by atoms with Crippen molar-refractivity contribution in [2.45, 2.75) is 19.9 Å². The molecule has 2 aromatic rings. The number of nitrogens with zero attached hydrogens (tertiary/aromatic N) is 1. The number of rotatable bonds is 3. The van der Waals surface area contributed by atoms with Crippen LogP contribution in [0.3, 0.4) is 0 Å². The van der Waals surface area contributed by atoms with E-state index >= 15 is 0 Å². The topological polar surface area (TPSA) is 68.2 Å². The summed E-state index contributed by atoms with van der Waals surface area (Å²) in [7, 11) is 0. The predicted molar refractivity (Wildman–Crippen MR) is 71.6 cm³/mol. The lowest BCUT2D eigenvalue weighted by molar-refractivity contribution is 0.0684. The highest BCUT2D eigenvalue weighted by Gasteiger charge is 2.19. The lowest BCUT2D eigenvalue weighted by atomic mass is 10.0. The zero-order chi connectivity index (χ0) is 13.3. The molecule has 1 heterocycles. The molecule has 2 rings (SSSR count). The third-order valence-corrected chi connectivity index (χ3v) is 2.93. The first-order valence-corrected chi connectivity index (χ1v) is 5.81. The quantitative estimate of drug-likeness (QED) is 0.815. The summed E-state index contributed by atoms with van der Waals surface area (Å²) in [6, 6.07) is 9.18. The molecule has 0 unspecified atom stereocenters. The lowest BCUT2D eigenvalue weighted by Gasteiger charge is -2.12. The maximum Gasteiger partial charge on any atom is 0.353 e. The van der Waals surface area contributed by atoms with Crippen LogP contribution in [0.5, 0.6) is 0 Å². The Morgan fingerprint density at radius 3 is 2.44 bits per heavy atom. The second kappa shape index (κ2) is 4.56. The van der Waals surface area contributed by atoms with Gasteiger partial charge in [0.15, 0.2) is 0 Å². The maximum absolute atomic E-state index is 11.4. The maximum atomic E-state index is 11.4. The molecular weight excluding hydrogens is 228 g/mol. The molecule has 0 saturated carbocycles. The van der Waals surface area contributed by atoms with E-state index in [0.717, 1.165) is 5.56 Å². The van der Waals surface area contributed by atoms with Crippen LogP contribution in [0.15, 0.2) is 36.5 Å². The molecule has 0 aliphatic rings. The minimum atomic E-state index is -0.938. The van der Waals surface area contributed by atoms with E-state index in [0.29, 0.717) is 11.3 Å². The van der Waals surface area contributed by atoms with Gasteiger partial charge in [0.2, 0.25) is 0 Å². The van der Waals surface area contributed by atoms with Crippen molar-refractivity contribution in [1.82, 2.24) is 4.57 Å². The van der Waals surface area contributed by atoms with Gasteiger partial charge in [0.05, 0.1) is 0 Å². The van der Waals surface area contributed by atoms with Gasteiger partial charge in [-0.2, -0.15) is 0 Å². The normalized spacial score (nSPS) is 10.8. The summed E-state index contributed by atoms with van der Waals surface area (Å²) >= 11 is 0. The summed E-state index contributed by atoms with van der Waals surface area (Å²) in [5.41, 5.74) is 8.19. The fraction of sp³-hybridized carbons (Fsp3) is 0.214. The smallest absolute Gasteiger partial charge is 0.353 e. The number of carboxylic acid groups (broad SMARTS) is 1. The van der Waals surface area contributed by atoms with Crippen molar-refractivity contribution in [3.8, 4) is 11.1 Å². The van der Waals surface area contributed by atoms with Crippen LogP contribution in [0.25, 0.3) is 11.1 Å². The van der Waals surface area contributed by atoms with E-state index in [1.807, 2.05) is 32.0 Å². The van der Waals surface area contributed by atoms with Gasteiger partial charge in [-0.15, -0.1) is 0 Å². The zero-order valence-electron chi connectivity index (χ0n) is 10.4. The van der Waals surface area contributed by atoms with Gasteiger partial charge in [0, 0.05) is 29.1 Å². The summed E-state index contributed by atoms with van der Waals surface area (Å²) in [6.45, 7) is 3.90. The molecule has 94 valence electrons. The highest BCUT2D eigenvalue weighted by atomic mass is 16.4. The Morgan fingerprint density at radius 1 is 1.22 bits per heavy atom. The van der Waals surface area contributed by atoms with Gasteiger partial charge in [-0.05, 0) is 26.0 Å². The van der Waals surface area contributed by atoms with E-state index < -0.39 is 5.97 Å². The molecule has 0 atom stereocenters. The first kappa shape index (κ1) is 12.2. The second-order valence-electron chi connectivity index (χ2n) is 4.47. The standard InChI is InChI=1S/C14H16N2O2/c1-9(2)16-8-7-11(13(16)14(17)18)10-5-3-4-6-12(10)15/h3-9H,15H2,1-2H3,(H,17,18). The van der Waals surface area contributed by atoms with Crippen LogP contribution in [-0.2, 0) is 0 Å². The summed E-state index contributed by atoms with van der Waals surface area (Å²) in [5.74, 6) is -0.938. The third-order valence-electron chi connectivity index (χ3n) is 2.93. The largest absolute Gasteiger partial charge is 0.477 e.